The van der Waals surface area contributed by atoms with Crippen LogP contribution in [-0.4, -0.2) is 47.6 Å². The quantitative estimate of drug-likeness (QED) is 0.125. The molecule has 43 heavy (non-hydrogen) atoms. The first-order chi connectivity index (χ1) is 20.8. The Morgan fingerprint density at radius 2 is 1.09 bits per heavy atom. The molecule has 7 heteroatoms. The van der Waals surface area contributed by atoms with E-state index in [9.17, 15) is 4.79 Å². The van der Waals surface area contributed by atoms with Crippen molar-refractivity contribution >= 4 is 25.0 Å². The summed E-state index contributed by atoms with van der Waals surface area (Å²) in [5.74, 6) is 1.53. The van der Waals surface area contributed by atoms with Crippen molar-refractivity contribution in [2.24, 2.45) is 0 Å². The van der Waals surface area contributed by atoms with Crippen LogP contribution >= 0.6 is 0 Å². The molecule has 4 aromatic carbocycles. The van der Waals surface area contributed by atoms with Gasteiger partial charge in [0.25, 0.3) is 8.32 Å². The van der Waals surface area contributed by atoms with E-state index < -0.39 is 20.5 Å². The van der Waals surface area contributed by atoms with Crippen molar-refractivity contribution in [1.29, 1.82) is 0 Å². The highest BCUT2D eigenvalue weighted by Crippen LogP contribution is 2.37. The fourth-order valence-electron chi connectivity index (χ4n) is 5.28. The van der Waals surface area contributed by atoms with Gasteiger partial charge in [0, 0.05) is 0 Å². The molecule has 0 aliphatic carbocycles. The summed E-state index contributed by atoms with van der Waals surface area (Å²) in [6, 6.07) is 36.1. The van der Waals surface area contributed by atoms with Gasteiger partial charge in [-0.05, 0) is 50.8 Å². The summed E-state index contributed by atoms with van der Waals surface area (Å²) in [6.07, 6.45) is -0.685. The minimum absolute atomic E-state index is 0.176. The molecule has 0 radical (unpaired) electrons. The van der Waals surface area contributed by atoms with Gasteiger partial charge in [0.05, 0.1) is 34.0 Å². The predicted molar refractivity (Wildman–Crippen MR) is 173 cm³/mol. The maximum absolute atomic E-state index is 12.5. The molecule has 6 nitrogen and oxygen atoms in total. The average molecular weight is 599 g/mol. The Morgan fingerprint density at radius 3 is 1.49 bits per heavy atom. The zero-order valence-electron chi connectivity index (χ0n) is 25.7. The summed E-state index contributed by atoms with van der Waals surface area (Å²) in [5.41, 5.74) is 1.88. The molecule has 0 aliphatic heterocycles. The van der Waals surface area contributed by atoms with E-state index in [1.807, 2.05) is 60.7 Å². The van der Waals surface area contributed by atoms with E-state index in [2.05, 4.69) is 69.3 Å². The number of benzene rings is 4. The van der Waals surface area contributed by atoms with Crippen LogP contribution in [0.1, 0.15) is 31.9 Å². The molecule has 0 aromatic heterocycles. The van der Waals surface area contributed by atoms with Gasteiger partial charge in [0.15, 0.2) is 6.29 Å². The summed E-state index contributed by atoms with van der Waals surface area (Å²) in [5, 5.41) is 2.09. The number of ether oxygens (including phenoxy) is 4. The molecule has 0 bridgehead atoms. The fourth-order valence-corrected chi connectivity index (χ4v) is 9.85. The lowest BCUT2D eigenvalue weighted by atomic mass is 10.2. The maximum Gasteiger partial charge on any atom is 0.261 e. The average Bonchev–Trinajstić information content (AvgIpc) is 3.04. The lowest BCUT2D eigenvalue weighted by molar-refractivity contribution is -0.136. The summed E-state index contributed by atoms with van der Waals surface area (Å²) in [7, 11) is 0.396. The van der Waals surface area contributed by atoms with E-state index in [-0.39, 0.29) is 24.9 Å². The van der Waals surface area contributed by atoms with Gasteiger partial charge >= 0.3 is 0 Å². The van der Waals surface area contributed by atoms with Gasteiger partial charge in [-0.3, -0.25) is 0 Å². The molecule has 0 amide bonds. The van der Waals surface area contributed by atoms with Gasteiger partial charge in [-0.1, -0.05) is 106 Å². The molecular formula is C36H42O6Si. The largest absolute Gasteiger partial charge is 0.497 e. The summed E-state index contributed by atoms with van der Waals surface area (Å²) in [4.78, 5) is 12.5. The van der Waals surface area contributed by atoms with Crippen molar-refractivity contribution in [2.45, 2.75) is 51.2 Å². The van der Waals surface area contributed by atoms with E-state index in [0.717, 1.165) is 39.3 Å². The number of carbonyl (C=O) groups is 1. The lowest BCUT2D eigenvalue weighted by Gasteiger charge is -2.44. The smallest absolute Gasteiger partial charge is 0.261 e. The third kappa shape index (κ3) is 8.00. The molecule has 0 heterocycles. The highest BCUT2D eigenvalue weighted by Gasteiger charge is 2.50. The number of hydrogen-bond acceptors (Lipinski definition) is 6. The minimum Gasteiger partial charge on any atom is -0.497 e. The fraction of sp³-hybridized carbons (Fsp3) is 0.306. The first-order valence-electron chi connectivity index (χ1n) is 14.5. The first kappa shape index (κ1) is 32.2. The van der Waals surface area contributed by atoms with Crippen molar-refractivity contribution in [1.82, 2.24) is 0 Å². The Bertz CT molecular complexity index is 1350. The summed E-state index contributed by atoms with van der Waals surface area (Å²) >= 11 is 0. The topological polar surface area (TPSA) is 63.2 Å². The van der Waals surface area contributed by atoms with Crippen molar-refractivity contribution in [2.75, 3.05) is 20.8 Å². The van der Waals surface area contributed by atoms with Crippen LogP contribution in [0.25, 0.3) is 0 Å². The highest BCUT2D eigenvalue weighted by atomic mass is 28.4. The van der Waals surface area contributed by atoms with Gasteiger partial charge in [0.2, 0.25) is 0 Å². The molecule has 0 saturated heterocycles. The lowest BCUT2D eigenvalue weighted by Crippen LogP contribution is -2.67. The normalized spacial score (nSPS) is 13.2. The standard InChI is InChI=1S/C36H42O6Si/c1-36(2,3)43(32-12-8-6-9-13-32,33-14-10-7-11-15-33)42-27-35(41-26-29-18-22-31(39-5)23-19-29)34(24-37)40-25-28-16-20-30(38-4)21-17-28/h6-24,34-35H,25-27H2,1-5H3/t34-,35-/m1/s1. The van der Waals surface area contributed by atoms with E-state index in [1.165, 1.54) is 0 Å². The Morgan fingerprint density at radius 1 is 0.651 bits per heavy atom. The summed E-state index contributed by atoms with van der Waals surface area (Å²) in [6.45, 7) is 7.39. The zero-order valence-corrected chi connectivity index (χ0v) is 26.7. The Kier molecular flexibility index (Phi) is 11.3. The molecule has 0 spiro atoms. The van der Waals surface area contributed by atoms with Gasteiger partial charge in [-0.15, -0.1) is 0 Å². The van der Waals surface area contributed by atoms with E-state index in [0.29, 0.717) is 0 Å². The zero-order chi connectivity index (χ0) is 30.7. The third-order valence-electron chi connectivity index (χ3n) is 7.61. The molecule has 0 fully saturated rings. The number of carbonyl (C=O) groups excluding carboxylic acids is 1. The Labute approximate surface area is 256 Å². The van der Waals surface area contributed by atoms with Crippen LogP contribution in [0.5, 0.6) is 11.5 Å². The number of methoxy groups -OCH3 is 2. The summed E-state index contributed by atoms with van der Waals surface area (Å²) < 4.78 is 30.3. The highest BCUT2D eigenvalue weighted by molar-refractivity contribution is 6.99. The molecule has 2 atom stereocenters. The second-order valence-electron chi connectivity index (χ2n) is 11.4. The van der Waals surface area contributed by atoms with Crippen LogP contribution in [0, 0.1) is 0 Å². The van der Waals surface area contributed by atoms with Crippen LogP contribution in [0.15, 0.2) is 109 Å². The molecular weight excluding hydrogens is 556 g/mol. The van der Waals surface area contributed by atoms with Crippen LogP contribution in [0.4, 0.5) is 0 Å². The van der Waals surface area contributed by atoms with E-state index in [1.54, 1.807) is 14.2 Å². The first-order valence-corrected chi connectivity index (χ1v) is 16.4. The maximum atomic E-state index is 12.5. The van der Waals surface area contributed by atoms with Crippen LogP contribution in [0.2, 0.25) is 5.04 Å². The molecule has 0 saturated carbocycles. The van der Waals surface area contributed by atoms with E-state index >= 15 is 0 Å². The molecule has 0 aliphatic rings. The monoisotopic (exact) mass is 598 g/mol. The van der Waals surface area contributed by atoms with Crippen LogP contribution < -0.4 is 19.8 Å². The number of rotatable bonds is 15. The molecule has 226 valence electrons. The Balaban J connectivity index is 1.64. The van der Waals surface area contributed by atoms with Crippen molar-refractivity contribution in [3.8, 4) is 11.5 Å². The van der Waals surface area contributed by atoms with Crippen molar-refractivity contribution in [3.05, 3.63) is 120 Å². The molecule has 4 aromatic rings. The van der Waals surface area contributed by atoms with Gasteiger partial charge in [-0.25, -0.2) is 0 Å². The van der Waals surface area contributed by atoms with Crippen molar-refractivity contribution < 1.29 is 28.2 Å². The molecule has 0 unspecified atom stereocenters. The van der Waals surface area contributed by atoms with Gasteiger partial charge < -0.3 is 28.2 Å². The number of hydrogen-bond donors (Lipinski definition) is 0. The van der Waals surface area contributed by atoms with Crippen LogP contribution in [0.3, 0.4) is 0 Å². The molecule has 0 N–H and O–H groups in total. The van der Waals surface area contributed by atoms with Gasteiger partial charge in [0.1, 0.15) is 23.7 Å². The van der Waals surface area contributed by atoms with Gasteiger partial charge in [-0.2, -0.15) is 0 Å². The van der Waals surface area contributed by atoms with Crippen LogP contribution in [-0.2, 0) is 31.9 Å². The second kappa shape index (κ2) is 15.1. The van der Waals surface area contributed by atoms with E-state index in [4.69, 9.17) is 23.4 Å². The number of aldehydes is 1. The SMILES string of the molecule is COc1ccc(CO[C@H](C=O)[C@@H](CO[Si](c2ccccc2)(c2ccccc2)C(C)(C)C)OCc2ccc(OC)cc2)cc1. The van der Waals surface area contributed by atoms with Crippen molar-refractivity contribution in [3.63, 3.8) is 0 Å². The Hall–Kier alpha value is -3.75. The second-order valence-corrected chi connectivity index (χ2v) is 15.7. The molecule has 4 rings (SSSR count). The third-order valence-corrected chi connectivity index (χ3v) is 12.6. The minimum atomic E-state index is -2.87. The predicted octanol–water partition coefficient (Wildman–Crippen LogP) is 5.95.